The summed E-state index contributed by atoms with van der Waals surface area (Å²) >= 11 is 0. The second-order valence-electron chi connectivity index (χ2n) is 16.8. The van der Waals surface area contributed by atoms with Gasteiger partial charge in [-0.3, -0.25) is 0 Å². The van der Waals surface area contributed by atoms with Crippen LogP contribution in [-0.4, -0.2) is 0 Å². The smallest absolute Gasteiger partial charge is 0.0327 e. The minimum absolute atomic E-state index is 0.834. The molecule has 0 heterocycles. The van der Waals surface area contributed by atoms with Gasteiger partial charge in [-0.2, -0.15) is 0 Å². The third-order valence-corrected chi connectivity index (χ3v) is 12.6. The van der Waals surface area contributed by atoms with Crippen LogP contribution >= 0.6 is 0 Å². The molecule has 66 heavy (non-hydrogen) atoms. The van der Waals surface area contributed by atoms with E-state index in [1.807, 2.05) is 0 Å². The van der Waals surface area contributed by atoms with E-state index in [0.29, 0.717) is 0 Å². The van der Waals surface area contributed by atoms with E-state index in [0.717, 1.165) is 129 Å². The van der Waals surface area contributed by atoms with Gasteiger partial charge in [-0.25, -0.2) is 0 Å². The number of hydrogen-bond donors (Lipinski definition) is 0. The summed E-state index contributed by atoms with van der Waals surface area (Å²) in [5.41, 5.74) is 0. The van der Waals surface area contributed by atoms with Gasteiger partial charge in [-0.15, -0.1) is 0 Å². The first-order valence-corrected chi connectivity index (χ1v) is 21.9. The van der Waals surface area contributed by atoms with E-state index in [2.05, 4.69) is 255 Å². The standard InChI is InChI=1S/C66H30/c1-7-49-25-19-43-31-44-21-27-51-9-3-15-57-38-59-17-5-11-53(65(59)41-63(51)57)29-23-47-34-46(20-26-50-8-2-14-56-37-55(13-1)61(49)40-62(50)56)35-48(36-47)24-30-54-12-6-18-60-39-58-16-4-10-52(64(58)42-66(54)60)28-22-45(32-43)33-44/h1-18,31-42H. The molecule has 0 aliphatic rings. The van der Waals surface area contributed by atoms with Crippen molar-refractivity contribution in [2.45, 2.75) is 0 Å². The molecule has 12 bridgehead atoms. The van der Waals surface area contributed by atoms with Crippen molar-refractivity contribution in [1.29, 1.82) is 0 Å². The Morgan fingerprint density at radius 3 is 0.530 bits per heavy atom. The second-order valence-corrected chi connectivity index (χ2v) is 16.8. The summed E-state index contributed by atoms with van der Waals surface area (Å²) in [7, 11) is 0. The summed E-state index contributed by atoms with van der Waals surface area (Å²) in [5.74, 6) is 0. The first-order valence-electron chi connectivity index (χ1n) is 21.9. The molecule has 0 nitrogen and oxygen atoms in total. The van der Waals surface area contributed by atoms with Crippen LogP contribution in [0.15, 0.2) is 182 Å². The van der Waals surface area contributed by atoms with Gasteiger partial charge in [0, 0.05) is 64.6 Å². The molecule has 0 N–H and O–H groups in total. The van der Waals surface area contributed by atoms with Gasteiger partial charge >= 0.3 is 0 Å². The van der Waals surface area contributed by atoms with E-state index in [4.69, 9.17) is 0 Å². The maximum Gasteiger partial charge on any atom is 0.0327 e. The molecule has 0 aromatic heterocycles. The fourth-order valence-corrected chi connectivity index (χ4v) is 9.33. The van der Waals surface area contributed by atoms with Crippen molar-refractivity contribution in [3.63, 3.8) is 0 Å². The van der Waals surface area contributed by atoms with Crippen molar-refractivity contribution >= 4 is 129 Å². The topological polar surface area (TPSA) is 0 Å². The molecule has 14 rings (SSSR count). The highest BCUT2D eigenvalue weighted by atomic mass is 14.1. The monoisotopic (exact) mass is 822 g/mol. The predicted octanol–water partition coefficient (Wildman–Crippen LogP) is 16.5. The van der Waals surface area contributed by atoms with Crippen LogP contribution in [0.2, 0.25) is 0 Å². The van der Waals surface area contributed by atoms with E-state index >= 15 is 0 Å². The lowest BCUT2D eigenvalue weighted by Gasteiger charge is -2.03. The first kappa shape index (κ1) is 36.9. The Kier molecular flexibility index (Phi) is 8.40. The van der Waals surface area contributed by atoms with Crippen molar-refractivity contribution in [1.82, 2.24) is 0 Å². The van der Waals surface area contributed by atoms with Gasteiger partial charge in [0.15, 0.2) is 0 Å². The molecule has 0 heteroatoms. The van der Waals surface area contributed by atoms with Crippen LogP contribution in [0.5, 0.6) is 0 Å². The van der Waals surface area contributed by atoms with Crippen LogP contribution in [0.4, 0.5) is 0 Å². The van der Waals surface area contributed by atoms with Gasteiger partial charge < -0.3 is 0 Å². The molecule has 14 aromatic rings. The van der Waals surface area contributed by atoms with Crippen molar-refractivity contribution in [3.05, 3.63) is 255 Å². The normalized spacial score (nSPS) is 10.9. The van der Waals surface area contributed by atoms with Gasteiger partial charge in [0.1, 0.15) is 0 Å². The van der Waals surface area contributed by atoms with E-state index in [-0.39, 0.29) is 0 Å². The van der Waals surface area contributed by atoms with Crippen LogP contribution < -0.4 is 0 Å². The molecule has 0 aliphatic heterocycles. The number of hydrogen-bond acceptors (Lipinski definition) is 0. The molecular formula is C66H30. The highest BCUT2D eigenvalue weighted by Gasteiger charge is 2.05. The minimum atomic E-state index is 0.834. The van der Waals surface area contributed by atoms with Crippen molar-refractivity contribution in [2.75, 3.05) is 0 Å². The van der Waals surface area contributed by atoms with E-state index in [1.54, 1.807) is 0 Å². The van der Waals surface area contributed by atoms with Gasteiger partial charge in [-0.1, -0.05) is 146 Å². The Morgan fingerprint density at radius 2 is 0.348 bits per heavy atom. The van der Waals surface area contributed by atoms with Crippen LogP contribution in [-0.2, 0) is 0 Å². The molecule has 0 aliphatic carbocycles. The SMILES string of the molecule is c1c2cc3c#cc4cccc5cc6cccc(c#cc7cc(c#cc8cccc9cc%10cccc(c#1)c%10cc89)cc(c#cc1cccc8cc9cccc(c#cc(c2)c3)c9cc18)c7)c6cc45. The van der Waals surface area contributed by atoms with Gasteiger partial charge in [-0.05, 0) is 174 Å². The quantitative estimate of drug-likeness (QED) is 0.134. The molecule has 0 saturated heterocycles. The maximum atomic E-state index is 3.56. The highest BCUT2D eigenvalue weighted by molar-refractivity contribution is 6.12. The van der Waals surface area contributed by atoms with E-state index in [1.165, 1.54) is 0 Å². The summed E-state index contributed by atoms with van der Waals surface area (Å²) in [6.07, 6.45) is 0. The van der Waals surface area contributed by atoms with E-state index in [9.17, 15) is 0 Å². The molecule has 0 fully saturated rings. The summed E-state index contributed by atoms with van der Waals surface area (Å²) in [6, 6.07) is 106. The minimum Gasteiger partial charge on any atom is -0.0615 e. The lowest BCUT2D eigenvalue weighted by molar-refractivity contribution is 1.80. The third kappa shape index (κ3) is 6.66. The van der Waals surface area contributed by atoms with Gasteiger partial charge in [0.2, 0.25) is 0 Å². The molecule has 0 amide bonds. The second kappa shape index (κ2) is 15.0. The van der Waals surface area contributed by atoms with Crippen molar-refractivity contribution in [2.24, 2.45) is 0 Å². The molecule has 14 aromatic carbocycles. The zero-order valence-corrected chi connectivity index (χ0v) is 35.3. The molecule has 0 spiro atoms. The zero-order valence-electron chi connectivity index (χ0n) is 35.3. The van der Waals surface area contributed by atoms with Crippen molar-refractivity contribution in [3.8, 4) is 0 Å². The maximum absolute atomic E-state index is 3.56. The summed E-state index contributed by atoms with van der Waals surface area (Å²) < 4.78 is 0. The third-order valence-electron chi connectivity index (χ3n) is 12.6. The average molecular weight is 823 g/mol. The Morgan fingerprint density at radius 1 is 0.167 bits per heavy atom. The summed E-state index contributed by atoms with van der Waals surface area (Å²) in [5, 5.41) is 23.7. The van der Waals surface area contributed by atoms with E-state index < -0.39 is 0 Å². The Hall–Kier alpha value is -9.66. The fraction of sp³-hybridized carbons (Fsp3) is 0. The number of rotatable bonds is 0. The molecule has 0 atom stereocenters. The average Bonchev–Trinajstić information content (AvgIpc) is 3.34. The molecule has 0 unspecified atom stereocenters. The zero-order chi connectivity index (χ0) is 43.6. The summed E-state index contributed by atoms with van der Waals surface area (Å²) in [6.45, 7) is 0. The fourth-order valence-electron chi connectivity index (χ4n) is 9.33. The molecular weight excluding hydrogens is 793 g/mol. The molecule has 294 valence electrons. The predicted molar refractivity (Wildman–Crippen MR) is 275 cm³/mol. The van der Waals surface area contributed by atoms with Crippen LogP contribution in [0.3, 0.4) is 0 Å². The molecule has 0 saturated carbocycles. The van der Waals surface area contributed by atoms with Gasteiger partial charge in [0.25, 0.3) is 0 Å². The summed E-state index contributed by atoms with van der Waals surface area (Å²) in [4.78, 5) is 0. The Labute approximate surface area is 382 Å². The largest absolute Gasteiger partial charge is 0.0615 e. The van der Waals surface area contributed by atoms with Crippen LogP contribution in [0, 0.1) is 72.8 Å². The molecule has 0 radical (unpaired) electrons. The van der Waals surface area contributed by atoms with Crippen LogP contribution in [0.1, 0.15) is 0 Å². The van der Waals surface area contributed by atoms with Crippen molar-refractivity contribution < 1.29 is 0 Å². The van der Waals surface area contributed by atoms with Gasteiger partial charge in [0.05, 0.1) is 0 Å². The highest BCUT2D eigenvalue weighted by Crippen LogP contribution is 2.31. The Balaban J connectivity index is 1.24. The first-order chi connectivity index (χ1) is 32.6. The van der Waals surface area contributed by atoms with Crippen LogP contribution in [0.25, 0.3) is 129 Å². The Bertz CT molecular complexity index is 3650. The lowest BCUT2D eigenvalue weighted by atomic mass is 10.00. The lowest BCUT2D eigenvalue weighted by Crippen LogP contribution is -1.78. The number of benzene rings is 11.